The van der Waals surface area contributed by atoms with E-state index in [1.807, 2.05) is 55.5 Å². The molecule has 0 saturated carbocycles. The summed E-state index contributed by atoms with van der Waals surface area (Å²) in [7, 11) is 0. The number of halogens is 1. The number of nitrogens with zero attached hydrogens (tertiary/aromatic N) is 2. The van der Waals surface area contributed by atoms with Crippen molar-refractivity contribution in [1.82, 2.24) is 9.78 Å². The van der Waals surface area contributed by atoms with E-state index in [1.54, 1.807) is 35.9 Å². The Labute approximate surface area is 178 Å². The van der Waals surface area contributed by atoms with Crippen molar-refractivity contribution in [2.45, 2.75) is 26.4 Å². The number of phenolic OH excluding ortho intramolecular Hbond substituents is 1. The minimum Gasteiger partial charge on any atom is -0.508 e. The van der Waals surface area contributed by atoms with E-state index >= 15 is 0 Å². The van der Waals surface area contributed by atoms with Gasteiger partial charge in [0, 0.05) is 4.88 Å². The average molecular weight is 425 g/mol. The first-order valence-electron chi connectivity index (χ1n) is 9.22. The van der Waals surface area contributed by atoms with Crippen molar-refractivity contribution >= 4 is 22.9 Å². The molecule has 29 heavy (non-hydrogen) atoms. The van der Waals surface area contributed by atoms with Crippen LogP contribution in [0.25, 0.3) is 26.7 Å². The number of hydrogen-bond donors (Lipinski definition) is 2. The monoisotopic (exact) mass is 424 g/mol. The van der Waals surface area contributed by atoms with Crippen molar-refractivity contribution in [1.29, 1.82) is 0 Å². The molecule has 0 unspecified atom stereocenters. The molecular formula is C23H21ClN2O2S. The number of aromatic hydroxyl groups is 1. The first kappa shape index (κ1) is 19.7. The van der Waals surface area contributed by atoms with Gasteiger partial charge < -0.3 is 10.2 Å². The van der Waals surface area contributed by atoms with E-state index < -0.39 is 5.60 Å². The lowest BCUT2D eigenvalue weighted by Crippen LogP contribution is -2.16. The third kappa shape index (κ3) is 3.81. The van der Waals surface area contributed by atoms with Crippen LogP contribution in [-0.4, -0.2) is 20.0 Å². The van der Waals surface area contributed by atoms with Crippen molar-refractivity contribution in [3.05, 3.63) is 76.9 Å². The zero-order chi connectivity index (χ0) is 20.8. The Bertz CT molecular complexity index is 1190. The molecule has 4 aromatic rings. The van der Waals surface area contributed by atoms with Gasteiger partial charge in [0.1, 0.15) is 11.4 Å². The van der Waals surface area contributed by atoms with Crippen LogP contribution >= 0.6 is 22.9 Å². The van der Waals surface area contributed by atoms with Gasteiger partial charge >= 0.3 is 0 Å². The van der Waals surface area contributed by atoms with E-state index in [2.05, 4.69) is 11.2 Å². The van der Waals surface area contributed by atoms with Crippen molar-refractivity contribution in [3.8, 4) is 32.4 Å². The number of phenols is 1. The van der Waals surface area contributed by atoms with Gasteiger partial charge in [-0.15, -0.1) is 11.3 Å². The maximum atomic E-state index is 10.5. The standard InChI is InChI=1S/C23H21ClN2O2S/c1-14-12-15(8-9-19(14)27)20-10-11-21(29-20)18-13-22(23(2,3)28)25-26(18)17-7-5-4-6-16(17)24/h4-13,27-28H,1-3H3. The SMILES string of the molecule is Cc1cc(-c2ccc(-c3cc(C(C)(C)O)nn3-c3ccccc3Cl)s2)ccc1O. The summed E-state index contributed by atoms with van der Waals surface area (Å²) in [6.07, 6.45) is 0. The van der Waals surface area contributed by atoms with E-state index in [9.17, 15) is 10.2 Å². The molecule has 6 heteroatoms. The molecule has 2 aromatic carbocycles. The van der Waals surface area contributed by atoms with Crippen LogP contribution in [0.2, 0.25) is 5.02 Å². The van der Waals surface area contributed by atoms with Crippen LogP contribution in [0.1, 0.15) is 25.1 Å². The lowest BCUT2D eigenvalue weighted by Gasteiger charge is -2.13. The smallest absolute Gasteiger partial charge is 0.118 e. The fraction of sp³-hybridized carbons (Fsp3) is 0.174. The molecule has 0 amide bonds. The molecular weight excluding hydrogens is 404 g/mol. The van der Waals surface area contributed by atoms with Gasteiger partial charge in [-0.3, -0.25) is 0 Å². The van der Waals surface area contributed by atoms with Crippen LogP contribution in [0.3, 0.4) is 0 Å². The Balaban J connectivity index is 1.85. The molecule has 0 atom stereocenters. The van der Waals surface area contributed by atoms with Gasteiger partial charge in [-0.2, -0.15) is 5.10 Å². The summed E-state index contributed by atoms with van der Waals surface area (Å²) < 4.78 is 1.79. The molecule has 0 fully saturated rings. The minimum absolute atomic E-state index is 0.289. The molecule has 0 bridgehead atoms. The van der Waals surface area contributed by atoms with Crippen LogP contribution in [0, 0.1) is 6.92 Å². The molecule has 0 saturated heterocycles. The molecule has 4 nitrogen and oxygen atoms in total. The van der Waals surface area contributed by atoms with Crippen LogP contribution in [0.5, 0.6) is 5.75 Å². The summed E-state index contributed by atoms with van der Waals surface area (Å²) in [6, 6.07) is 19.1. The lowest BCUT2D eigenvalue weighted by molar-refractivity contribution is 0.0734. The van der Waals surface area contributed by atoms with Crippen molar-refractivity contribution in [2.75, 3.05) is 0 Å². The highest BCUT2D eigenvalue weighted by atomic mass is 35.5. The molecule has 2 N–H and O–H groups in total. The topological polar surface area (TPSA) is 58.3 Å². The zero-order valence-corrected chi connectivity index (χ0v) is 17.9. The molecule has 0 aliphatic carbocycles. The normalized spacial score (nSPS) is 11.8. The predicted octanol–water partition coefficient (Wildman–Crippen LogP) is 6.16. The van der Waals surface area contributed by atoms with E-state index in [1.165, 1.54) is 0 Å². The molecule has 2 aromatic heterocycles. The number of hydrogen-bond acceptors (Lipinski definition) is 4. The van der Waals surface area contributed by atoms with Gasteiger partial charge in [0.15, 0.2) is 0 Å². The van der Waals surface area contributed by atoms with Gasteiger partial charge in [-0.05, 0) is 80.4 Å². The van der Waals surface area contributed by atoms with Gasteiger partial charge in [0.05, 0.1) is 27.0 Å². The fourth-order valence-electron chi connectivity index (χ4n) is 3.10. The van der Waals surface area contributed by atoms with Gasteiger partial charge in [0.2, 0.25) is 0 Å². The van der Waals surface area contributed by atoms with E-state index in [0.29, 0.717) is 10.7 Å². The highest BCUT2D eigenvalue weighted by Crippen LogP contribution is 2.38. The Kier molecular flexibility index (Phi) is 4.99. The molecule has 0 radical (unpaired) electrons. The summed E-state index contributed by atoms with van der Waals surface area (Å²) in [6.45, 7) is 5.32. The number of aryl methyl sites for hydroxylation is 1. The van der Waals surface area contributed by atoms with E-state index in [-0.39, 0.29) is 5.75 Å². The average Bonchev–Trinajstić information content (AvgIpc) is 3.31. The fourth-order valence-corrected chi connectivity index (χ4v) is 4.32. The molecule has 4 rings (SSSR count). The highest BCUT2D eigenvalue weighted by Gasteiger charge is 2.24. The quantitative estimate of drug-likeness (QED) is 0.412. The van der Waals surface area contributed by atoms with Gasteiger partial charge in [-0.25, -0.2) is 4.68 Å². The van der Waals surface area contributed by atoms with Crippen LogP contribution < -0.4 is 0 Å². The van der Waals surface area contributed by atoms with Crippen molar-refractivity contribution < 1.29 is 10.2 Å². The highest BCUT2D eigenvalue weighted by molar-refractivity contribution is 7.18. The minimum atomic E-state index is -1.07. The third-order valence-electron chi connectivity index (χ3n) is 4.76. The maximum absolute atomic E-state index is 10.5. The summed E-state index contributed by atoms with van der Waals surface area (Å²) in [5.74, 6) is 0.289. The summed E-state index contributed by atoms with van der Waals surface area (Å²) in [4.78, 5) is 2.09. The summed E-state index contributed by atoms with van der Waals surface area (Å²) in [5, 5.41) is 25.5. The number of thiophene rings is 1. The second-order valence-electron chi connectivity index (χ2n) is 7.50. The second kappa shape index (κ2) is 7.34. The Morgan fingerprint density at radius 3 is 2.41 bits per heavy atom. The first-order valence-corrected chi connectivity index (χ1v) is 10.4. The lowest BCUT2D eigenvalue weighted by atomic mass is 10.1. The third-order valence-corrected chi connectivity index (χ3v) is 6.23. The predicted molar refractivity (Wildman–Crippen MR) is 119 cm³/mol. The van der Waals surface area contributed by atoms with Crippen LogP contribution in [0.15, 0.2) is 60.7 Å². The van der Waals surface area contributed by atoms with Crippen LogP contribution in [-0.2, 0) is 5.60 Å². The Hall–Kier alpha value is -2.60. The molecule has 148 valence electrons. The number of rotatable bonds is 4. The van der Waals surface area contributed by atoms with E-state index in [4.69, 9.17) is 11.6 Å². The molecule has 2 heterocycles. The number of para-hydroxylation sites is 1. The van der Waals surface area contributed by atoms with Crippen molar-refractivity contribution in [2.24, 2.45) is 0 Å². The first-order chi connectivity index (χ1) is 13.7. The number of benzene rings is 2. The van der Waals surface area contributed by atoms with Crippen molar-refractivity contribution in [3.63, 3.8) is 0 Å². The second-order valence-corrected chi connectivity index (χ2v) is 8.99. The summed E-state index contributed by atoms with van der Waals surface area (Å²) in [5.41, 5.74) is 3.00. The van der Waals surface area contributed by atoms with Gasteiger partial charge in [-0.1, -0.05) is 23.7 Å². The molecule has 0 aliphatic heterocycles. The molecule has 0 spiro atoms. The summed E-state index contributed by atoms with van der Waals surface area (Å²) >= 11 is 8.06. The number of aromatic nitrogens is 2. The molecule has 0 aliphatic rings. The Morgan fingerprint density at radius 1 is 1.00 bits per heavy atom. The largest absolute Gasteiger partial charge is 0.508 e. The zero-order valence-electron chi connectivity index (χ0n) is 16.3. The maximum Gasteiger partial charge on any atom is 0.118 e. The van der Waals surface area contributed by atoms with E-state index in [0.717, 1.165) is 32.3 Å². The Morgan fingerprint density at radius 2 is 1.72 bits per heavy atom. The van der Waals surface area contributed by atoms with Gasteiger partial charge in [0.25, 0.3) is 0 Å². The number of aliphatic hydroxyl groups is 1. The van der Waals surface area contributed by atoms with Crippen LogP contribution in [0.4, 0.5) is 0 Å².